The molecule has 4 heterocycles. The van der Waals surface area contributed by atoms with Crippen molar-refractivity contribution in [3.8, 4) is 28.4 Å². The van der Waals surface area contributed by atoms with E-state index in [9.17, 15) is 13.9 Å². The van der Waals surface area contributed by atoms with E-state index in [-0.39, 0.29) is 12.2 Å². The molecule has 0 unspecified atom stereocenters. The second-order valence-corrected chi connectivity index (χ2v) is 10.9. The van der Waals surface area contributed by atoms with Crippen LogP contribution in [0.3, 0.4) is 0 Å². The van der Waals surface area contributed by atoms with Crippen molar-refractivity contribution < 1.29 is 23.1 Å². The number of nitrogens with zero attached hydrogens (tertiary/aromatic N) is 5. The first-order valence-corrected chi connectivity index (χ1v) is 13.9. The molecule has 216 valence electrons. The van der Waals surface area contributed by atoms with Crippen LogP contribution >= 0.6 is 11.6 Å². The number of aliphatic hydroxyl groups is 1. The minimum atomic E-state index is -2.99. The van der Waals surface area contributed by atoms with Gasteiger partial charge < -0.3 is 19.3 Å². The summed E-state index contributed by atoms with van der Waals surface area (Å²) >= 11 is 6.66. The Kier molecular flexibility index (Phi) is 7.98. The molecule has 0 aliphatic carbocycles. The van der Waals surface area contributed by atoms with Crippen molar-refractivity contribution >= 4 is 17.4 Å². The molecule has 3 aromatic heterocycles. The number of pyridine rings is 1. The molecule has 0 radical (unpaired) electrons. The van der Waals surface area contributed by atoms with Gasteiger partial charge in [-0.15, -0.1) is 0 Å². The summed E-state index contributed by atoms with van der Waals surface area (Å²) in [7, 11) is 0. The first kappa shape index (κ1) is 28.9. The van der Waals surface area contributed by atoms with Crippen molar-refractivity contribution in [2.75, 3.05) is 11.5 Å². The molecule has 1 N–H and O–H groups in total. The van der Waals surface area contributed by atoms with Crippen LogP contribution < -0.4 is 9.64 Å². The zero-order valence-corrected chi connectivity index (χ0v) is 24.4. The normalized spacial score (nSPS) is 13.9. The third-order valence-corrected chi connectivity index (χ3v) is 7.53. The molecule has 4 aromatic rings. The van der Waals surface area contributed by atoms with Crippen LogP contribution in [0.2, 0.25) is 5.02 Å². The van der Waals surface area contributed by atoms with Crippen LogP contribution in [0.25, 0.3) is 22.6 Å². The first-order chi connectivity index (χ1) is 19.5. The van der Waals surface area contributed by atoms with Gasteiger partial charge in [0.25, 0.3) is 5.92 Å². The summed E-state index contributed by atoms with van der Waals surface area (Å²) in [5, 5.41) is 14.7. The standard InChI is InChI=1S/C30H32ClF2N5O3/c1-6-7-21(39)15-40-22-8-9-24(31)23(11-22)28-35-27(26-17(3)37-41-18(26)4)16(2)29(36-28)38-13-19-10-20(30(5,32)33)12-34-25(19)14-38/h8-12,21,39H,6-7,13-15H2,1-5H3/t21-/m1/s1. The van der Waals surface area contributed by atoms with E-state index >= 15 is 0 Å². The average Bonchev–Trinajstić information content (AvgIpc) is 3.50. The van der Waals surface area contributed by atoms with Crippen molar-refractivity contribution in [3.63, 3.8) is 0 Å². The summed E-state index contributed by atoms with van der Waals surface area (Å²) in [5.41, 5.74) is 4.71. The molecular weight excluding hydrogens is 552 g/mol. The van der Waals surface area contributed by atoms with Crippen LogP contribution in [0.5, 0.6) is 5.75 Å². The largest absolute Gasteiger partial charge is 0.491 e. The number of rotatable bonds is 9. The fourth-order valence-electron chi connectivity index (χ4n) is 5.02. The highest BCUT2D eigenvalue weighted by Crippen LogP contribution is 2.39. The molecule has 11 heteroatoms. The Morgan fingerprint density at radius 3 is 2.63 bits per heavy atom. The van der Waals surface area contributed by atoms with Gasteiger partial charge in [0.15, 0.2) is 5.82 Å². The predicted molar refractivity (Wildman–Crippen MR) is 152 cm³/mol. The van der Waals surface area contributed by atoms with Crippen LogP contribution in [0.15, 0.2) is 35.0 Å². The average molecular weight is 584 g/mol. The van der Waals surface area contributed by atoms with Gasteiger partial charge in [0, 0.05) is 36.4 Å². The number of halogens is 3. The fourth-order valence-corrected chi connectivity index (χ4v) is 5.22. The Balaban J connectivity index is 1.59. The summed E-state index contributed by atoms with van der Waals surface area (Å²) in [6.45, 7) is 9.35. The van der Waals surface area contributed by atoms with E-state index in [1.807, 2.05) is 32.6 Å². The van der Waals surface area contributed by atoms with Gasteiger partial charge in [-0.2, -0.15) is 0 Å². The molecule has 1 aromatic carbocycles. The molecule has 1 aliphatic heterocycles. The Bertz CT molecular complexity index is 1570. The zero-order valence-electron chi connectivity index (χ0n) is 23.6. The van der Waals surface area contributed by atoms with Crippen LogP contribution in [-0.2, 0) is 19.0 Å². The number of hydrogen-bond acceptors (Lipinski definition) is 8. The summed E-state index contributed by atoms with van der Waals surface area (Å²) in [4.78, 5) is 16.2. The molecule has 0 saturated heterocycles. The number of aromatic nitrogens is 4. The number of fused-ring (bicyclic) bond motifs is 1. The summed E-state index contributed by atoms with van der Waals surface area (Å²) in [6, 6.07) is 6.71. The van der Waals surface area contributed by atoms with Crippen molar-refractivity contribution in [2.24, 2.45) is 0 Å². The van der Waals surface area contributed by atoms with E-state index in [0.29, 0.717) is 64.6 Å². The molecular formula is C30H32ClF2N5O3. The molecule has 41 heavy (non-hydrogen) atoms. The Morgan fingerprint density at radius 1 is 1.17 bits per heavy atom. The van der Waals surface area contributed by atoms with E-state index in [2.05, 4.69) is 10.1 Å². The van der Waals surface area contributed by atoms with Crippen LogP contribution in [0.4, 0.5) is 14.6 Å². The SMILES string of the molecule is CCC[C@@H](O)COc1ccc(Cl)c(-c2nc(-c3c(C)noc3C)c(C)c(N3Cc4cc(C(C)(F)F)cnc4C3)n2)c1. The van der Waals surface area contributed by atoms with Crippen molar-refractivity contribution in [1.29, 1.82) is 0 Å². The maximum atomic E-state index is 14.0. The van der Waals surface area contributed by atoms with Crippen LogP contribution in [-0.4, -0.2) is 37.9 Å². The van der Waals surface area contributed by atoms with Gasteiger partial charge in [-0.1, -0.05) is 30.1 Å². The van der Waals surface area contributed by atoms with Gasteiger partial charge in [0.1, 0.15) is 23.9 Å². The molecule has 1 atom stereocenters. The third kappa shape index (κ3) is 5.90. The number of anilines is 1. The number of alkyl halides is 2. The van der Waals surface area contributed by atoms with Crippen LogP contribution in [0, 0.1) is 20.8 Å². The quantitative estimate of drug-likeness (QED) is 0.226. The molecule has 1 aliphatic rings. The molecule has 0 fully saturated rings. The maximum absolute atomic E-state index is 14.0. The minimum Gasteiger partial charge on any atom is -0.491 e. The zero-order chi connectivity index (χ0) is 29.5. The Hall–Kier alpha value is -3.63. The van der Waals surface area contributed by atoms with Crippen LogP contribution in [0.1, 0.15) is 60.5 Å². The number of benzene rings is 1. The van der Waals surface area contributed by atoms with E-state index in [1.165, 1.54) is 12.3 Å². The molecule has 0 amide bonds. The molecule has 5 rings (SSSR count). The fraction of sp³-hybridized carbons (Fsp3) is 0.400. The molecule has 0 spiro atoms. The molecule has 0 bridgehead atoms. The highest BCUT2D eigenvalue weighted by atomic mass is 35.5. The van der Waals surface area contributed by atoms with Gasteiger partial charge >= 0.3 is 0 Å². The smallest absolute Gasteiger partial charge is 0.272 e. The molecule has 0 saturated carbocycles. The number of hydrogen-bond donors (Lipinski definition) is 1. The van der Waals surface area contributed by atoms with E-state index in [0.717, 1.165) is 35.7 Å². The number of aryl methyl sites for hydroxylation is 2. The lowest BCUT2D eigenvalue weighted by Gasteiger charge is -2.22. The van der Waals surface area contributed by atoms with Gasteiger partial charge in [-0.3, -0.25) is 4.98 Å². The molecule has 8 nitrogen and oxygen atoms in total. The lowest BCUT2D eigenvalue weighted by atomic mass is 10.0. The van der Waals surface area contributed by atoms with Gasteiger partial charge in [0.05, 0.1) is 40.3 Å². The highest BCUT2D eigenvalue weighted by molar-refractivity contribution is 6.33. The Labute approximate surface area is 242 Å². The highest BCUT2D eigenvalue weighted by Gasteiger charge is 2.31. The van der Waals surface area contributed by atoms with Crippen molar-refractivity contribution in [1.82, 2.24) is 20.1 Å². The van der Waals surface area contributed by atoms with Crippen molar-refractivity contribution in [3.05, 3.63) is 69.3 Å². The first-order valence-electron chi connectivity index (χ1n) is 13.5. The van der Waals surface area contributed by atoms with Gasteiger partial charge in [-0.05, 0) is 57.0 Å². The number of aliphatic hydroxyl groups excluding tert-OH is 1. The minimum absolute atomic E-state index is 0.123. The third-order valence-electron chi connectivity index (χ3n) is 7.20. The monoisotopic (exact) mass is 583 g/mol. The number of ether oxygens (including phenoxy) is 1. The summed E-state index contributed by atoms with van der Waals surface area (Å²) in [6.07, 6.45) is 2.14. The van der Waals surface area contributed by atoms with E-state index < -0.39 is 12.0 Å². The lowest BCUT2D eigenvalue weighted by Crippen LogP contribution is -2.19. The van der Waals surface area contributed by atoms with Gasteiger partial charge in [0.2, 0.25) is 0 Å². The topological polar surface area (TPSA) is 97.4 Å². The maximum Gasteiger partial charge on any atom is 0.272 e. The van der Waals surface area contributed by atoms with Gasteiger partial charge in [-0.25, -0.2) is 18.7 Å². The predicted octanol–water partition coefficient (Wildman–Crippen LogP) is 6.94. The second-order valence-electron chi connectivity index (χ2n) is 10.5. The van der Waals surface area contributed by atoms with Crippen molar-refractivity contribution in [2.45, 2.75) is 72.6 Å². The van der Waals surface area contributed by atoms with E-state index in [4.69, 9.17) is 30.8 Å². The van der Waals surface area contributed by atoms with E-state index in [1.54, 1.807) is 18.2 Å². The Morgan fingerprint density at radius 2 is 1.95 bits per heavy atom. The summed E-state index contributed by atoms with van der Waals surface area (Å²) in [5.74, 6) is -0.880. The second kappa shape index (κ2) is 11.3. The summed E-state index contributed by atoms with van der Waals surface area (Å²) < 4.78 is 39.3. The lowest BCUT2D eigenvalue weighted by molar-refractivity contribution is 0.0170.